The average Bonchev–Trinajstić information content (AvgIpc) is 3.51. The standard InChI is InChI=1S/C21H22N4O2S3/c1-28-18-15(11-29-19(18)20(22)23)21-24-16(12-30-21)13-5-4-6-14(9-13)27-10-17(26)25-7-2-3-8-25/h4-6,9,11-12H,2-3,7-8,10H2,1H3,(H3,22,23). The van der Waals surface area contributed by atoms with Gasteiger partial charge in [-0.1, -0.05) is 12.1 Å². The molecule has 1 fully saturated rings. The molecule has 6 nitrogen and oxygen atoms in total. The lowest BCUT2D eigenvalue weighted by molar-refractivity contribution is -0.132. The van der Waals surface area contributed by atoms with E-state index in [4.69, 9.17) is 20.9 Å². The molecule has 1 aromatic carbocycles. The van der Waals surface area contributed by atoms with E-state index in [1.165, 1.54) is 11.3 Å². The largest absolute Gasteiger partial charge is 0.484 e. The second-order valence-electron chi connectivity index (χ2n) is 6.87. The summed E-state index contributed by atoms with van der Waals surface area (Å²) in [6.45, 7) is 1.72. The van der Waals surface area contributed by atoms with Crippen LogP contribution in [-0.2, 0) is 4.79 Å². The Labute approximate surface area is 187 Å². The molecule has 30 heavy (non-hydrogen) atoms. The van der Waals surface area contributed by atoms with Crippen LogP contribution in [0.25, 0.3) is 21.8 Å². The molecule has 0 atom stereocenters. The number of thiazole rings is 1. The van der Waals surface area contributed by atoms with Gasteiger partial charge in [0.25, 0.3) is 5.91 Å². The van der Waals surface area contributed by atoms with Crippen molar-refractivity contribution < 1.29 is 9.53 Å². The minimum Gasteiger partial charge on any atom is -0.484 e. The molecule has 1 aliphatic rings. The SMILES string of the molecule is CSc1c(-c2nc(-c3cccc(OCC(=O)N4CCCC4)c3)cs2)csc1C(=N)N. The zero-order chi connectivity index (χ0) is 21.1. The van der Waals surface area contributed by atoms with Crippen LogP contribution in [0.3, 0.4) is 0 Å². The molecule has 4 rings (SSSR count). The first kappa shape index (κ1) is 20.9. The number of rotatable bonds is 7. The number of hydrogen-bond donors (Lipinski definition) is 2. The predicted octanol–water partition coefficient (Wildman–Crippen LogP) is 4.55. The summed E-state index contributed by atoms with van der Waals surface area (Å²) in [5.41, 5.74) is 8.51. The van der Waals surface area contributed by atoms with Crippen molar-refractivity contribution in [3.8, 4) is 27.6 Å². The summed E-state index contributed by atoms with van der Waals surface area (Å²) < 4.78 is 5.75. The van der Waals surface area contributed by atoms with Crippen molar-refractivity contribution in [1.82, 2.24) is 9.88 Å². The Balaban J connectivity index is 1.50. The lowest BCUT2D eigenvalue weighted by Crippen LogP contribution is -2.32. The molecule has 1 amide bonds. The number of nitrogens with zero attached hydrogens (tertiary/aromatic N) is 2. The molecule has 9 heteroatoms. The molecule has 3 heterocycles. The number of carbonyl (C=O) groups excluding carboxylic acids is 1. The third kappa shape index (κ3) is 4.38. The van der Waals surface area contributed by atoms with Gasteiger partial charge in [0.2, 0.25) is 0 Å². The second kappa shape index (κ2) is 9.20. The minimum absolute atomic E-state index is 0.0391. The van der Waals surface area contributed by atoms with E-state index in [-0.39, 0.29) is 18.3 Å². The number of thioether (sulfide) groups is 1. The van der Waals surface area contributed by atoms with Crippen LogP contribution in [0.2, 0.25) is 0 Å². The van der Waals surface area contributed by atoms with E-state index >= 15 is 0 Å². The maximum Gasteiger partial charge on any atom is 0.260 e. The number of nitrogens with two attached hydrogens (primary N) is 1. The number of ether oxygens (including phenoxy) is 1. The van der Waals surface area contributed by atoms with Crippen LogP contribution < -0.4 is 10.5 Å². The Morgan fingerprint density at radius 1 is 1.30 bits per heavy atom. The smallest absolute Gasteiger partial charge is 0.260 e. The van der Waals surface area contributed by atoms with Gasteiger partial charge in [0.05, 0.1) is 10.6 Å². The van der Waals surface area contributed by atoms with Gasteiger partial charge >= 0.3 is 0 Å². The van der Waals surface area contributed by atoms with Gasteiger partial charge in [-0.3, -0.25) is 10.2 Å². The lowest BCUT2D eigenvalue weighted by atomic mass is 10.1. The predicted molar refractivity (Wildman–Crippen MR) is 125 cm³/mol. The fraction of sp³-hybridized carbons (Fsp3) is 0.286. The van der Waals surface area contributed by atoms with E-state index in [1.54, 1.807) is 23.1 Å². The Kier molecular flexibility index (Phi) is 6.40. The van der Waals surface area contributed by atoms with Gasteiger partial charge in [-0.15, -0.1) is 34.4 Å². The summed E-state index contributed by atoms with van der Waals surface area (Å²) in [5, 5.41) is 12.7. The van der Waals surface area contributed by atoms with E-state index in [0.29, 0.717) is 5.75 Å². The van der Waals surface area contributed by atoms with Crippen LogP contribution in [0.5, 0.6) is 5.75 Å². The van der Waals surface area contributed by atoms with Crippen molar-refractivity contribution in [3.05, 3.63) is 39.9 Å². The van der Waals surface area contributed by atoms with E-state index in [0.717, 1.165) is 57.5 Å². The highest BCUT2D eigenvalue weighted by Gasteiger charge is 2.19. The summed E-state index contributed by atoms with van der Waals surface area (Å²) in [6, 6.07) is 7.67. The molecule has 0 radical (unpaired) electrons. The number of amidine groups is 1. The van der Waals surface area contributed by atoms with Gasteiger partial charge in [-0.2, -0.15) is 0 Å². The summed E-state index contributed by atoms with van der Waals surface area (Å²) in [7, 11) is 0. The van der Waals surface area contributed by atoms with Crippen LogP contribution in [0.1, 0.15) is 17.7 Å². The average molecular weight is 459 g/mol. The first-order valence-electron chi connectivity index (χ1n) is 9.53. The van der Waals surface area contributed by atoms with Crippen molar-refractivity contribution >= 4 is 46.2 Å². The van der Waals surface area contributed by atoms with Crippen LogP contribution in [0.15, 0.2) is 39.9 Å². The van der Waals surface area contributed by atoms with Gasteiger partial charge in [0.1, 0.15) is 16.6 Å². The van der Waals surface area contributed by atoms with Crippen LogP contribution in [0.4, 0.5) is 0 Å². The van der Waals surface area contributed by atoms with Crippen LogP contribution in [0, 0.1) is 5.41 Å². The van der Waals surface area contributed by atoms with Crippen LogP contribution in [-0.4, -0.2) is 47.6 Å². The third-order valence-electron chi connectivity index (χ3n) is 4.88. The molecule has 0 unspecified atom stereocenters. The molecule has 0 aliphatic carbocycles. The molecule has 3 aromatic rings. The Hall–Kier alpha value is -2.36. The summed E-state index contributed by atoms with van der Waals surface area (Å²) in [6.07, 6.45) is 4.13. The molecule has 0 spiro atoms. The van der Waals surface area contributed by atoms with E-state index in [9.17, 15) is 4.79 Å². The quantitative estimate of drug-likeness (QED) is 0.308. The highest BCUT2D eigenvalue weighted by Crippen LogP contribution is 2.40. The summed E-state index contributed by atoms with van der Waals surface area (Å²) >= 11 is 4.61. The lowest BCUT2D eigenvalue weighted by Gasteiger charge is -2.15. The zero-order valence-corrected chi connectivity index (χ0v) is 19.0. The number of nitrogens with one attached hydrogen (secondary N) is 1. The monoisotopic (exact) mass is 458 g/mol. The number of carbonyl (C=O) groups is 1. The number of hydrogen-bond acceptors (Lipinski definition) is 7. The minimum atomic E-state index is 0.0391. The zero-order valence-electron chi connectivity index (χ0n) is 16.5. The molecule has 0 saturated carbocycles. The Bertz CT molecular complexity index is 1070. The van der Waals surface area contributed by atoms with Crippen molar-refractivity contribution in [1.29, 1.82) is 5.41 Å². The van der Waals surface area contributed by atoms with Crippen molar-refractivity contribution in [2.24, 2.45) is 5.73 Å². The third-order valence-corrected chi connectivity index (χ3v) is 7.73. The first-order valence-corrected chi connectivity index (χ1v) is 12.5. The Morgan fingerprint density at radius 2 is 2.10 bits per heavy atom. The van der Waals surface area contributed by atoms with Gasteiger partial charge in [0, 0.05) is 39.9 Å². The van der Waals surface area contributed by atoms with E-state index in [1.807, 2.05) is 46.2 Å². The highest BCUT2D eigenvalue weighted by atomic mass is 32.2. The van der Waals surface area contributed by atoms with Gasteiger partial charge in [0.15, 0.2) is 6.61 Å². The number of thiophene rings is 1. The first-order chi connectivity index (χ1) is 14.6. The number of nitrogen functional groups attached to an aromatic ring is 1. The number of likely N-dealkylation sites (tertiary alicyclic amines) is 1. The van der Waals surface area contributed by atoms with Gasteiger partial charge in [-0.05, 0) is 31.2 Å². The van der Waals surface area contributed by atoms with E-state index in [2.05, 4.69) is 0 Å². The summed E-state index contributed by atoms with van der Waals surface area (Å²) in [5.74, 6) is 0.784. The van der Waals surface area contributed by atoms with Gasteiger partial charge < -0.3 is 15.4 Å². The topological polar surface area (TPSA) is 92.3 Å². The number of amides is 1. The number of benzene rings is 1. The van der Waals surface area contributed by atoms with E-state index < -0.39 is 0 Å². The highest BCUT2D eigenvalue weighted by molar-refractivity contribution is 7.99. The normalized spacial score (nSPS) is 13.6. The second-order valence-corrected chi connectivity index (χ2v) is 9.42. The molecular weight excluding hydrogens is 436 g/mol. The van der Waals surface area contributed by atoms with Crippen LogP contribution >= 0.6 is 34.4 Å². The fourth-order valence-electron chi connectivity index (χ4n) is 3.36. The van der Waals surface area contributed by atoms with Crippen molar-refractivity contribution in [2.45, 2.75) is 17.7 Å². The fourth-order valence-corrected chi connectivity index (χ4v) is 6.30. The van der Waals surface area contributed by atoms with Gasteiger partial charge in [-0.25, -0.2) is 4.98 Å². The summed E-state index contributed by atoms with van der Waals surface area (Å²) in [4.78, 5) is 20.6. The maximum absolute atomic E-state index is 12.2. The number of aromatic nitrogens is 1. The van der Waals surface area contributed by atoms with Crippen molar-refractivity contribution in [2.75, 3.05) is 26.0 Å². The van der Waals surface area contributed by atoms with Crippen molar-refractivity contribution in [3.63, 3.8) is 0 Å². The maximum atomic E-state index is 12.2. The molecule has 0 bridgehead atoms. The molecule has 1 aliphatic heterocycles. The molecule has 1 saturated heterocycles. The molecule has 2 aromatic heterocycles. The molecule has 156 valence electrons. The molecule has 3 N–H and O–H groups in total. The Morgan fingerprint density at radius 3 is 2.83 bits per heavy atom. The molecular formula is C21H22N4O2S3.